The molecular weight excluding hydrogens is 438 g/mol. The predicted molar refractivity (Wildman–Crippen MR) is 137 cm³/mol. The van der Waals surface area contributed by atoms with E-state index in [1.165, 1.54) is 0 Å². The van der Waals surface area contributed by atoms with Crippen molar-refractivity contribution in [3.05, 3.63) is 94.7 Å². The Bertz CT molecular complexity index is 1570. The molecule has 1 aliphatic heterocycles. The van der Waals surface area contributed by atoms with E-state index in [2.05, 4.69) is 10.3 Å². The van der Waals surface area contributed by atoms with Crippen molar-refractivity contribution < 1.29 is 4.74 Å². The number of ether oxygens (including phenoxy) is 1. The second-order valence-corrected chi connectivity index (χ2v) is 9.13. The molecule has 0 unspecified atom stereocenters. The van der Waals surface area contributed by atoms with Gasteiger partial charge in [0, 0.05) is 29.3 Å². The van der Waals surface area contributed by atoms with E-state index in [1.54, 1.807) is 4.52 Å². The molecule has 5 aromatic rings. The number of hydrogen-bond donors (Lipinski definition) is 1. The van der Waals surface area contributed by atoms with Crippen molar-refractivity contribution in [2.24, 2.45) is 0 Å². The van der Waals surface area contributed by atoms with E-state index in [9.17, 15) is 4.79 Å². The summed E-state index contributed by atoms with van der Waals surface area (Å²) in [6.07, 6.45) is 5.79. The fraction of sp³-hybridized carbons (Fsp3) is 0.250. The van der Waals surface area contributed by atoms with Crippen molar-refractivity contribution in [3.63, 3.8) is 0 Å². The molecule has 7 nitrogen and oxygen atoms in total. The molecule has 3 aromatic heterocycles. The molecule has 1 aliphatic rings. The average Bonchev–Trinajstić information content (AvgIpc) is 3.28. The lowest BCUT2D eigenvalue weighted by atomic mass is 10.0. The van der Waals surface area contributed by atoms with Crippen molar-refractivity contribution >= 4 is 16.4 Å². The molecular formula is C28H27N5O2. The molecule has 7 heteroatoms. The molecule has 0 spiro atoms. The van der Waals surface area contributed by atoms with Crippen LogP contribution in [0.3, 0.4) is 0 Å². The highest BCUT2D eigenvalue weighted by atomic mass is 16.5. The summed E-state index contributed by atoms with van der Waals surface area (Å²) in [7, 11) is 0. The molecule has 2 aromatic carbocycles. The Hall–Kier alpha value is -3.97. The number of benzene rings is 2. The molecule has 6 rings (SSSR count). The molecule has 0 amide bonds. The minimum absolute atomic E-state index is 0.0708. The average molecular weight is 466 g/mol. The molecule has 0 saturated carbocycles. The minimum Gasteiger partial charge on any atom is -0.485 e. The van der Waals surface area contributed by atoms with E-state index < -0.39 is 0 Å². The first-order chi connectivity index (χ1) is 17.2. The van der Waals surface area contributed by atoms with Crippen molar-refractivity contribution in [2.75, 3.05) is 13.1 Å². The molecule has 0 radical (unpaired) electrons. The topological polar surface area (TPSA) is 73.5 Å². The first-order valence-electron chi connectivity index (χ1n) is 12.1. The Balaban J connectivity index is 1.38. The van der Waals surface area contributed by atoms with Crippen LogP contribution in [0.15, 0.2) is 77.9 Å². The predicted octanol–water partition coefficient (Wildman–Crippen LogP) is 4.52. The third-order valence-corrected chi connectivity index (χ3v) is 6.68. The van der Waals surface area contributed by atoms with Crippen molar-refractivity contribution in [2.45, 2.75) is 32.4 Å². The molecule has 1 saturated heterocycles. The van der Waals surface area contributed by atoms with Crippen LogP contribution in [0.2, 0.25) is 0 Å². The zero-order valence-electron chi connectivity index (χ0n) is 19.6. The molecule has 0 atom stereocenters. The van der Waals surface area contributed by atoms with Crippen LogP contribution in [0, 0.1) is 6.92 Å². The Morgan fingerprint density at radius 1 is 1.06 bits per heavy atom. The number of nitrogens with zero attached hydrogens (tertiary/aromatic N) is 4. The minimum atomic E-state index is 0.0708. The number of pyridine rings is 1. The number of hydrogen-bond acceptors (Lipinski definition) is 5. The van der Waals surface area contributed by atoms with Gasteiger partial charge in [-0.05, 0) is 62.0 Å². The summed E-state index contributed by atoms with van der Waals surface area (Å²) in [4.78, 5) is 17.8. The summed E-state index contributed by atoms with van der Waals surface area (Å²) in [5, 5.41) is 9.79. The van der Waals surface area contributed by atoms with Crippen LogP contribution < -0.4 is 15.6 Å². The smallest absolute Gasteiger partial charge is 0.258 e. The number of aromatic nitrogens is 4. The van der Waals surface area contributed by atoms with E-state index in [-0.39, 0.29) is 11.6 Å². The summed E-state index contributed by atoms with van der Waals surface area (Å²) >= 11 is 0. The van der Waals surface area contributed by atoms with Crippen LogP contribution in [-0.2, 0) is 6.61 Å². The van der Waals surface area contributed by atoms with Crippen LogP contribution in [0.1, 0.15) is 30.1 Å². The van der Waals surface area contributed by atoms with Gasteiger partial charge in [-0.2, -0.15) is 5.10 Å². The van der Waals surface area contributed by atoms with Gasteiger partial charge in [0.25, 0.3) is 5.56 Å². The maximum Gasteiger partial charge on any atom is 0.258 e. The monoisotopic (exact) mass is 465 g/mol. The van der Waals surface area contributed by atoms with Crippen LogP contribution in [0.5, 0.6) is 5.75 Å². The lowest BCUT2D eigenvalue weighted by molar-refractivity contribution is 0.307. The Morgan fingerprint density at radius 3 is 2.71 bits per heavy atom. The van der Waals surface area contributed by atoms with Gasteiger partial charge >= 0.3 is 0 Å². The second-order valence-electron chi connectivity index (χ2n) is 9.13. The lowest BCUT2D eigenvalue weighted by Gasteiger charge is -2.25. The molecule has 35 heavy (non-hydrogen) atoms. The summed E-state index contributed by atoms with van der Waals surface area (Å²) < 4.78 is 9.86. The molecule has 1 N–H and O–H groups in total. The van der Waals surface area contributed by atoms with Gasteiger partial charge in [-0.1, -0.05) is 36.4 Å². The lowest BCUT2D eigenvalue weighted by Crippen LogP contribution is -2.34. The van der Waals surface area contributed by atoms with E-state index in [1.807, 2.05) is 84.5 Å². The van der Waals surface area contributed by atoms with Crippen molar-refractivity contribution in [1.29, 1.82) is 0 Å². The molecule has 1 fully saturated rings. The normalized spacial score (nSPS) is 14.5. The zero-order chi connectivity index (χ0) is 23.8. The number of aryl methyl sites for hydroxylation is 1. The number of piperidine rings is 1. The summed E-state index contributed by atoms with van der Waals surface area (Å²) in [6, 6.07) is 20.2. The van der Waals surface area contributed by atoms with Crippen molar-refractivity contribution in [1.82, 2.24) is 24.5 Å². The Morgan fingerprint density at radius 2 is 1.89 bits per heavy atom. The highest BCUT2D eigenvalue weighted by molar-refractivity contribution is 5.86. The first kappa shape index (κ1) is 21.6. The van der Waals surface area contributed by atoms with Crippen LogP contribution in [0.25, 0.3) is 27.7 Å². The van der Waals surface area contributed by atoms with Gasteiger partial charge in [0.1, 0.15) is 6.61 Å². The van der Waals surface area contributed by atoms with Gasteiger partial charge in [-0.15, -0.1) is 0 Å². The van der Waals surface area contributed by atoms with Gasteiger partial charge in [-0.25, -0.2) is 9.50 Å². The number of imidazole rings is 1. The third-order valence-electron chi connectivity index (χ3n) is 6.68. The van der Waals surface area contributed by atoms with Crippen LogP contribution >= 0.6 is 0 Å². The summed E-state index contributed by atoms with van der Waals surface area (Å²) in [6.45, 7) is 4.29. The van der Waals surface area contributed by atoms with Crippen LogP contribution in [0.4, 0.5) is 0 Å². The highest BCUT2D eigenvalue weighted by Gasteiger charge is 2.17. The molecule has 0 aliphatic carbocycles. The summed E-state index contributed by atoms with van der Waals surface area (Å²) in [5.41, 5.74) is 4.41. The highest BCUT2D eigenvalue weighted by Crippen LogP contribution is 2.28. The quantitative estimate of drug-likeness (QED) is 0.413. The molecule has 0 bridgehead atoms. The van der Waals surface area contributed by atoms with Crippen LogP contribution in [-0.4, -0.2) is 32.3 Å². The number of nitrogens with one attached hydrogen (secondary N) is 1. The third kappa shape index (κ3) is 4.19. The van der Waals surface area contributed by atoms with E-state index in [0.29, 0.717) is 18.0 Å². The maximum absolute atomic E-state index is 13.2. The Kier molecular flexibility index (Phi) is 5.54. The van der Waals surface area contributed by atoms with E-state index in [4.69, 9.17) is 9.84 Å². The summed E-state index contributed by atoms with van der Waals surface area (Å²) in [5.74, 6) is 0.674. The fourth-order valence-corrected chi connectivity index (χ4v) is 4.84. The SMILES string of the molecule is Cc1cn2nc(-c3ccc4c(=O)n(C5CCNCC5)ccc4c3)cc(OCc3ccccc3)c2n1. The zero-order valence-corrected chi connectivity index (χ0v) is 19.6. The standard InChI is InChI=1S/C28H27N5O2/c1-19-17-33-27(30-19)26(35-18-20-5-3-2-4-6-20)16-25(31-33)22-7-8-24-21(15-22)11-14-32(28(24)34)23-9-12-29-13-10-23/h2-8,11,14-17,23,29H,9-10,12-13,18H2,1H3. The number of rotatable bonds is 5. The van der Waals surface area contributed by atoms with Gasteiger partial charge in [-0.3, -0.25) is 4.79 Å². The molecule has 176 valence electrons. The maximum atomic E-state index is 13.2. The van der Waals surface area contributed by atoms with E-state index in [0.717, 1.165) is 59.2 Å². The largest absolute Gasteiger partial charge is 0.485 e. The van der Waals surface area contributed by atoms with E-state index >= 15 is 0 Å². The van der Waals surface area contributed by atoms with Crippen molar-refractivity contribution in [3.8, 4) is 17.0 Å². The van der Waals surface area contributed by atoms with Gasteiger partial charge in [0.2, 0.25) is 0 Å². The van der Waals surface area contributed by atoms with Gasteiger partial charge in [0.15, 0.2) is 11.4 Å². The number of fused-ring (bicyclic) bond motifs is 2. The fourth-order valence-electron chi connectivity index (χ4n) is 4.84. The Labute approximate surface area is 203 Å². The second kappa shape index (κ2) is 9.00. The van der Waals surface area contributed by atoms with Gasteiger partial charge in [0.05, 0.1) is 17.6 Å². The first-order valence-corrected chi connectivity index (χ1v) is 12.1. The van der Waals surface area contributed by atoms with Gasteiger partial charge < -0.3 is 14.6 Å². The molecule has 4 heterocycles.